The van der Waals surface area contributed by atoms with Crippen molar-refractivity contribution in [2.24, 2.45) is 5.73 Å². The van der Waals surface area contributed by atoms with Gasteiger partial charge in [0, 0.05) is 12.1 Å². The minimum atomic E-state index is -0.538. The van der Waals surface area contributed by atoms with Crippen LogP contribution in [0, 0.1) is 6.92 Å². The number of carbonyl (C=O) groups is 1. The van der Waals surface area contributed by atoms with Crippen molar-refractivity contribution in [3.8, 4) is 0 Å². The molecule has 1 aromatic rings. The summed E-state index contributed by atoms with van der Waals surface area (Å²) in [4.78, 5) is 14.6. The van der Waals surface area contributed by atoms with Gasteiger partial charge in [-0.2, -0.15) is 0 Å². The number of aryl methyl sites for hydroxylation is 1. The molecule has 19 heavy (non-hydrogen) atoms. The SMILES string of the molecule is Cc1ccc(C(N)C(=O)N2[C@H](C)CCC[C@@H]2C)cc1. The third-order valence-corrected chi connectivity index (χ3v) is 4.15. The molecule has 1 aliphatic heterocycles. The summed E-state index contributed by atoms with van der Waals surface area (Å²) in [5.74, 6) is 0.0588. The van der Waals surface area contributed by atoms with E-state index in [1.54, 1.807) is 0 Å². The number of nitrogens with zero attached hydrogens (tertiary/aromatic N) is 1. The number of benzene rings is 1. The Kier molecular flexibility index (Phi) is 4.25. The van der Waals surface area contributed by atoms with E-state index >= 15 is 0 Å². The van der Waals surface area contributed by atoms with Crippen molar-refractivity contribution in [1.82, 2.24) is 4.90 Å². The quantitative estimate of drug-likeness (QED) is 0.888. The van der Waals surface area contributed by atoms with Crippen molar-refractivity contribution >= 4 is 5.91 Å². The van der Waals surface area contributed by atoms with Crippen molar-refractivity contribution in [2.75, 3.05) is 0 Å². The molecule has 1 aliphatic rings. The van der Waals surface area contributed by atoms with E-state index in [-0.39, 0.29) is 5.91 Å². The number of piperidine rings is 1. The smallest absolute Gasteiger partial charge is 0.244 e. The summed E-state index contributed by atoms with van der Waals surface area (Å²) < 4.78 is 0. The molecule has 1 saturated heterocycles. The van der Waals surface area contributed by atoms with Crippen LogP contribution < -0.4 is 5.73 Å². The van der Waals surface area contributed by atoms with Crippen LogP contribution in [-0.4, -0.2) is 22.9 Å². The van der Waals surface area contributed by atoms with Crippen molar-refractivity contribution in [3.63, 3.8) is 0 Å². The summed E-state index contributed by atoms with van der Waals surface area (Å²) in [7, 11) is 0. The van der Waals surface area contributed by atoms with Gasteiger partial charge in [-0.3, -0.25) is 4.79 Å². The predicted molar refractivity (Wildman–Crippen MR) is 77.7 cm³/mol. The first kappa shape index (κ1) is 14.1. The van der Waals surface area contributed by atoms with Crippen LogP contribution >= 0.6 is 0 Å². The van der Waals surface area contributed by atoms with Gasteiger partial charge < -0.3 is 10.6 Å². The van der Waals surface area contributed by atoms with Gasteiger partial charge in [0.25, 0.3) is 0 Å². The Morgan fingerprint density at radius 3 is 2.26 bits per heavy atom. The third-order valence-electron chi connectivity index (χ3n) is 4.15. The van der Waals surface area contributed by atoms with Crippen LogP contribution in [-0.2, 0) is 4.79 Å². The Hall–Kier alpha value is -1.35. The fourth-order valence-corrected chi connectivity index (χ4v) is 2.93. The largest absolute Gasteiger partial charge is 0.336 e. The van der Waals surface area contributed by atoms with Gasteiger partial charge in [0.05, 0.1) is 0 Å². The van der Waals surface area contributed by atoms with Gasteiger partial charge in [-0.25, -0.2) is 0 Å². The highest BCUT2D eigenvalue weighted by molar-refractivity contribution is 5.83. The lowest BCUT2D eigenvalue weighted by molar-refractivity contribution is -0.138. The van der Waals surface area contributed by atoms with E-state index in [9.17, 15) is 4.79 Å². The van der Waals surface area contributed by atoms with E-state index in [4.69, 9.17) is 5.73 Å². The molecule has 1 fully saturated rings. The van der Waals surface area contributed by atoms with Crippen LogP contribution in [0.5, 0.6) is 0 Å². The van der Waals surface area contributed by atoms with E-state index in [0.29, 0.717) is 12.1 Å². The van der Waals surface area contributed by atoms with Gasteiger partial charge >= 0.3 is 0 Å². The van der Waals surface area contributed by atoms with Crippen molar-refractivity contribution in [1.29, 1.82) is 0 Å². The summed E-state index contributed by atoms with van der Waals surface area (Å²) >= 11 is 0. The van der Waals surface area contributed by atoms with Gasteiger partial charge in [0.1, 0.15) is 6.04 Å². The molecule has 0 aromatic heterocycles. The number of carbonyl (C=O) groups excluding carboxylic acids is 1. The lowest BCUT2D eigenvalue weighted by atomic mass is 9.95. The summed E-state index contributed by atoms with van der Waals surface area (Å²) in [6.45, 7) is 6.27. The molecular weight excluding hydrogens is 236 g/mol. The van der Waals surface area contributed by atoms with Gasteiger partial charge in [0.2, 0.25) is 5.91 Å². The lowest BCUT2D eigenvalue weighted by Gasteiger charge is -2.40. The van der Waals surface area contributed by atoms with Crippen LogP contribution in [0.25, 0.3) is 0 Å². The molecule has 2 rings (SSSR count). The number of rotatable bonds is 2. The topological polar surface area (TPSA) is 46.3 Å². The highest BCUT2D eigenvalue weighted by Gasteiger charge is 2.32. The zero-order valence-corrected chi connectivity index (χ0v) is 12.1. The average molecular weight is 260 g/mol. The third kappa shape index (κ3) is 2.98. The Morgan fingerprint density at radius 2 is 1.74 bits per heavy atom. The molecule has 0 spiro atoms. The monoisotopic (exact) mass is 260 g/mol. The summed E-state index contributed by atoms with van der Waals surface area (Å²) in [6, 6.07) is 7.98. The molecule has 1 unspecified atom stereocenters. The summed E-state index contributed by atoms with van der Waals surface area (Å²) in [6.07, 6.45) is 3.36. The first-order valence-electron chi connectivity index (χ1n) is 7.15. The van der Waals surface area contributed by atoms with Crippen LogP contribution in [0.4, 0.5) is 0 Å². The Morgan fingerprint density at radius 1 is 1.21 bits per heavy atom. The number of hydrogen-bond donors (Lipinski definition) is 1. The van der Waals surface area contributed by atoms with Crippen LogP contribution in [0.3, 0.4) is 0 Å². The maximum atomic E-state index is 12.6. The second-order valence-corrected chi connectivity index (χ2v) is 5.76. The summed E-state index contributed by atoms with van der Waals surface area (Å²) in [5, 5.41) is 0. The van der Waals surface area contributed by atoms with Crippen LogP contribution in [0.15, 0.2) is 24.3 Å². The maximum Gasteiger partial charge on any atom is 0.244 e. The molecule has 3 atom stereocenters. The van der Waals surface area contributed by atoms with E-state index in [1.165, 1.54) is 12.0 Å². The Balaban J connectivity index is 2.16. The molecule has 104 valence electrons. The number of amides is 1. The van der Waals surface area contributed by atoms with Gasteiger partial charge in [0.15, 0.2) is 0 Å². The molecule has 0 aliphatic carbocycles. The first-order chi connectivity index (χ1) is 9.00. The number of hydrogen-bond acceptors (Lipinski definition) is 2. The van der Waals surface area contributed by atoms with E-state index < -0.39 is 6.04 Å². The maximum absolute atomic E-state index is 12.6. The molecule has 1 heterocycles. The van der Waals surface area contributed by atoms with Crippen molar-refractivity contribution in [3.05, 3.63) is 35.4 Å². The highest BCUT2D eigenvalue weighted by Crippen LogP contribution is 2.26. The van der Waals surface area contributed by atoms with Crippen molar-refractivity contribution < 1.29 is 4.79 Å². The van der Waals surface area contributed by atoms with Crippen LogP contribution in [0.1, 0.15) is 50.3 Å². The molecule has 1 aromatic carbocycles. The minimum Gasteiger partial charge on any atom is -0.336 e. The van der Waals surface area contributed by atoms with Gasteiger partial charge in [-0.15, -0.1) is 0 Å². The molecule has 0 saturated carbocycles. The molecule has 2 N–H and O–H groups in total. The highest BCUT2D eigenvalue weighted by atomic mass is 16.2. The molecular formula is C16H24N2O. The van der Waals surface area contributed by atoms with E-state index in [0.717, 1.165) is 18.4 Å². The van der Waals surface area contributed by atoms with E-state index in [1.807, 2.05) is 36.1 Å². The predicted octanol–water partition coefficient (Wildman–Crippen LogP) is 2.78. The average Bonchev–Trinajstić information content (AvgIpc) is 2.38. The van der Waals surface area contributed by atoms with Gasteiger partial charge in [-0.05, 0) is 45.6 Å². The number of likely N-dealkylation sites (tertiary alicyclic amines) is 1. The molecule has 3 heteroatoms. The zero-order valence-electron chi connectivity index (χ0n) is 12.1. The molecule has 3 nitrogen and oxygen atoms in total. The number of nitrogens with two attached hydrogens (primary N) is 1. The second kappa shape index (κ2) is 5.74. The zero-order chi connectivity index (χ0) is 14.0. The van der Waals surface area contributed by atoms with Crippen molar-refractivity contribution in [2.45, 2.75) is 58.2 Å². The fourth-order valence-electron chi connectivity index (χ4n) is 2.93. The normalized spacial score (nSPS) is 25.2. The molecule has 0 radical (unpaired) electrons. The molecule has 0 bridgehead atoms. The lowest BCUT2D eigenvalue weighted by Crippen LogP contribution is -2.50. The molecule has 1 amide bonds. The Bertz CT molecular complexity index is 431. The fraction of sp³-hybridized carbons (Fsp3) is 0.562. The minimum absolute atomic E-state index is 0.0588. The van der Waals surface area contributed by atoms with Gasteiger partial charge in [-0.1, -0.05) is 29.8 Å². The summed E-state index contributed by atoms with van der Waals surface area (Å²) in [5.41, 5.74) is 8.24. The first-order valence-corrected chi connectivity index (χ1v) is 7.15. The van der Waals surface area contributed by atoms with Crippen LogP contribution in [0.2, 0.25) is 0 Å². The van der Waals surface area contributed by atoms with E-state index in [2.05, 4.69) is 13.8 Å². The standard InChI is InChI=1S/C16H24N2O/c1-11-7-9-14(10-8-11)15(17)16(19)18-12(2)5-4-6-13(18)3/h7-10,12-13,15H,4-6,17H2,1-3H3/t12-,13+,15?. The second-order valence-electron chi connectivity index (χ2n) is 5.76. The Labute approximate surface area is 115 Å².